The highest BCUT2D eigenvalue weighted by atomic mass is 16.5. The molecule has 0 amide bonds. The van der Waals surface area contributed by atoms with Gasteiger partial charge in [0.2, 0.25) is 11.9 Å². The maximum absolute atomic E-state index is 6.00. The van der Waals surface area contributed by atoms with Crippen molar-refractivity contribution in [3.63, 3.8) is 0 Å². The molecular weight excluding hydrogens is 683 g/mol. The topological polar surface area (TPSA) is 202 Å². The summed E-state index contributed by atoms with van der Waals surface area (Å²) in [6.45, 7) is 10.4. The molecule has 0 bridgehead atoms. The number of aromatic amines is 2. The number of H-pyrrole nitrogens is 2. The van der Waals surface area contributed by atoms with Crippen molar-refractivity contribution in [1.29, 1.82) is 0 Å². The summed E-state index contributed by atoms with van der Waals surface area (Å²) in [5.41, 5.74) is 14.6. The molecule has 0 aliphatic carbocycles. The number of aromatic nitrogens is 8. The van der Waals surface area contributed by atoms with E-state index in [9.17, 15) is 0 Å². The predicted molar refractivity (Wildman–Crippen MR) is 213 cm³/mol. The summed E-state index contributed by atoms with van der Waals surface area (Å²) in [5, 5.41) is 27.0. The van der Waals surface area contributed by atoms with E-state index in [0.29, 0.717) is 59.0 Å². The van der Waals surface area contributed by atoms with Crippen molar-refractivity contribution in [1.82, 2.24) is 40.3 Å². The third-order valence-corrected chi connectivity index (χ3v) is 8.02. The van der Waals surface area contributed by atoms with Crippen molar-refractivity contribution in [3.05, 3.63) is 125 Å². The lowest BCUT2D eigenvalue weighted by atomic mass is 10.1. The lowest BCUT2D eigenvalue weighted by Gasteiger charge is -2.14. The first-order valence-electron chi connectivity index (χ1n) is 17.1. The highest BCUT2D eigenvalue weighted by molar-refractivity contribution is 5.67. The van der Waals surface area contributed by atoms with Gasteiger partial charge >= 0.3 is 0 Å². The van der Waals surface area contributed by atoms with Crippen LogP contribution in [0.25, 0.3) is 0 Å². The van der Waals surface area contributed by atoms with Gasteiger partial charge in [-0.1, -0.05) is 48.5 Å². The van der Waals surface area contributed by atoms with Gasteiger partial charge in [0.05, 0.1) is 19.5 Å². The molecule has 0 atom stereocenters. The Kier molecular flexibility index (Phi) is 11.5. The first kappa shape index (κ1) is 36.6. The molecule has 7 aromatic rings. The number of benzene rings is 3. The van der Waals surface area contributed by atoms with Gasteiger partial charge in [0.25, 0.3) is 0 Å². The lowest BCUT2D eigenvalue weighted by molar-refractivity contribution is 0.305. The second kappa shape index (κ2) is 16.9. The van der Waals surface area contributed by atoms with Crippen LogP contribution in [0.2, 0.25) is 0 Å². The molecule has 0 unspecified atom stereocenters. The molecule has 0 fully saturated rings. The zero-order valence-corrected chi connectivity index (χ0v) is 30.9. The fourth-order valence-corrected chi connectivity index (χ4v) is 5.12. The second-order valence-electron chi connectivity index (χ2n) is 12.6. The second-order valence-corrected chi connectivity index (χ2v) is 12.6. The molecule has 15 nitrogen and oxygen atoms in total. The van der Waals surface area contributed by atoms with E-state index in [1.807, 2.05) is 88.4 Å². The van der Waals surface area contributed by atoms with Crippen molar-refractivity contribution in [2.45, 2.75) is 41.2 Å². The zero-order chi connectivity index (χ0) is 38.0. The molecule has 7 rings (SSSR count). The van der Waals surface area contributed by atoms with Crippen LogP contribution in [0.5, 0.6) is 11.5 Å². The number of nitrogens with two attached hydrogens (primary N) is 1. The first-order valence-corrected chi connectivity index (χ1v) is 17.1. The van der Waals surface area contributed by atoms with E-state index in [-0.39, 0.29) is 0 Å². The Labute approximate surface area is 313 Å². The summed E-state index contributed by atoms with van der Waals surface area (Å²) in [7, 11) is 1.56. The number of rotatable bonds is 12. The third-order valence-electron chi connectivity index (χ3n) is 8.02. The molecule has 15 heteroatoms. The van der Waals surface area contributed by atoms with Crippen molar-refractivity contribution in [2.75, 3.05) is 34.1 Å². The Morgan fingerprint density at radius 2 is 1.19 bits per heavy atom. The number of hydrogen-bond acceptors (Lipinski definition) is 13. The molecule has 0 radical (unpaired) electrons. The quantitative estimate of drug-likeness (QED) is 0.0597. The van der Waals surface area contributed by atoms with Gasteiger partial charge in [-0.05, 0) is 75.1 Å². The minimum absolute atomic E-state index is 0.419. The Balaban J connectivity index is 0.000000189. The number of nitrogens with zero attached hydrogens (tertiary/aromatic N) is 6. The number of aryl methyl sites for hydroxylation is 5. The minimum Gasteiger partial charge on any atom is -0.491 e. The monoisotopic (exact) mass is 725 g/mol. The largest absolute Gasteiger partial charge is 0.491 e. The van der Waals surface area contributed by atoms with Crippen LogP contribution in [0, 0.1) is 34.6 Å². The van der Waals surface area contributed by atoms with Crippen molar-refractivity contribution < 1.29 is 9.47 Å². The number of nitrogens with one attached hydrogen (secondary N) is 6. The van der Waals surface area contributed by atoms with E-state index >= 15 is 0 Å². The van der Waals surface area contributed by atoms with Gasteiger partial charge in [-0.3, -0.25) is 10.2 Å². The number of anilines is 9. The van der Waals surface area contributed by atoms with Crippen LogP contribution in [0.1, 0.15) is 33.6 Å². The van der Waals surface area contributed by atoms with Gasteiger partial charge in [-0.2, -0.15) is 20.2 Å². The summed E-state index contributed by atoms with van der Waals surface area (Å²) in [4.78, 5) is 17.8. The number of nitrogen functional groups attached to an aromatic ring is 1. The molecule has 8 N–H and O–H groups in total. The number of methoxy groups -OCH3 is 1. The summed E-state index contributed by atoms with van der Waals surface area (Å²) in [6.07, 6.45) is 3.27. The van der Waals surface area contributed by atoms with Crippen LogP contribution in [0.15, 0.2) is 91.3 Å². The lowest BCUT2D eigenvalue weighted by Crippen LogP contribution is -2.06. The van der Waals surface area contributed by atoms with Gasteiger partial charge < -0.3 is 36.5 Å². The minimum atomic E-state index is 0.419. The van der Waals surface area contributed by atoms with Crippen LogP contribution in [-0.4, -0.2) is 47.4 Å². The molecule has 0 aliphatic heterocycles. The maximum Gasteiger partial charge on any atom is 0.229 e. The molecular formula is C39H43N13O2. The normalized spacial score (nSPS) is 10.6. The standard InChI is InChI=1S/C23H24N6O.C16H19N7O/c1-15-9-10-16(2)19(11-15)25-23-24-13-20(30-14-18-7-5-4-6-8-18)22(27-23)26-21-12-17(3)28-29-21;1-9-4-5-11(17)7-12(9)19-16-18-8-13(24-3)15(21-16)20-14-6-10(2)22-23-14/h4-13H,14H2,1-3H3,(H3,24,25,26,27,28,29);4-8H,17H2,1-3H3,(H3,18,19,20,21,22,23). The maximum atomic E-state index is 6.00. The van der Waals surface area contributed by atoms with E-state index in [2.05, 4.69) is 86.7 Å². The fourth-order valence-electron chi connectivity index (χ4n) is 5.12. The van der Waals surface area contributed by atoms with E-state index in [1.54, 1.807) is 19.5 Å². The van der Waals surface area contributed by atoms with Crippen LogP contribution < -0.4 is 36.5 Å². The van der Waals surface area contributed by atoms with Gasteiger partial charge in [-0.25, -0.2) is 9.97 Å². The first-order chi connectivity index (χ1) is 26.1. The van der Waals surface area contributed by atoms with E-state index in [4.69, 9.17) is 15.2 Å². The summed E-state index contributed by atoms with van der Waals surface area (Å²) in [6, 6.07) is 25.6. The Hall–Kier alpha value is -7.16. The Morgan fingerprint density at radius 3 is 1.76 bits per heavy atom. The van der Waals surface area contributed by atoms with Crippen LogP contribution >= 0.6 is 0 Å². The van der Waals surface area contributed by atoms with Crippen LogP contribution in [-0.2, 0) is 6.61 Å². The van der Waals surface area contributed by atoms with Gasteiger partial charge in [0.1, 0.15) is 6.61 Å². The SMILES string of the molecule is COc1cnc(Nc2cc(N)ccc2C)nc1Nc1cc(C)[nH]n1.Cc1ccc(C)c(Nc2ncc(OCc3ccccc3)c(Nc3cc(C)[nH]n3)n2)c1. The average Bonchev–Trinajstić information content (AvgIpc) is 3.78. The van der Waals surface area contributed by atoms with E-state index in [0.717, 1.165) is 45.0 Å². The van der Waals surface area contributed by atoms with Gasteiger partial charge in [-0.15, -0.1) is 0 Å². The van der Waals surface area contributed by atoms with Gasteiger partial charge in [0, 0.05) is 40.6 Å². The summed E-state index contributed by atoms with van der Waals surface area (Å²) >= 11 is 0. The number of ether oxygens (including phenoxy) is 2. The molecule has 0 spiro atoms. The molecule has 0 saturated heterocycles. The predicted octanol–water partition coefficient (Wildman–Crippen LogP) is 8.09. The van der Waals surface area contributed by atoms with Crippen molar-refractivity contribution in [3.8, 4) is 11.5 Å². The molecule has 0 aliphatic rings. The molecule has 276 valence electrons. The molecule has 54 heavy (non-hydrogen) atoms. The third kappa shape index (κ3) is 9.79. The molecule has 4 aromatic heterocycles. The summed E-state index contributed by atoms with van der Waals surface area (Å²) < 4.78 is 11.3. The molecule has 3 aromatic carbocycles. The molecule has 0 saturated carbocycles. The number of hydrogen-bond donors (Lipinski definition) is 7. The van der Waals surface area contributed by atoms with Crippen molar-refractivity contribution >= 4 is 52.2 Å². The van der Waals surface area contributed by atoms with E-state index in [1.165, 1.54) is 0 Å². The Morgan fingerprint density at radius 1 is 0.630 bits per heavy atom. The van der Waals surface area contributed by atoms with Crippen LogP contribution in [0.4, 0.5) is 52.2 Å². The highest BCUT2D eigenvalue weighted by Gasteiger charge is 2.13. The van der Waals surface area contributed by atoms with E-state index < -0.39 is 0 Å². The van der Waals surface area contributed by atoms with Crippen molar-refractivity contribution in [2.24, 2.45) is 0 Å². The fraction of sp³-hybridized carbons (Fsp3) is 0.179. The zero-order valence-electron chi connectivity index (χ0n) is 30.9. The summed E-state index contributed by atoms with van der Waals surface area (Å²) in [5.74, 6) is 4.34. The highest BCUT2D eigenvalue weighted by Crippen LogP contribution is 2.30. The average molecular weight is 726 g/mol. The van der Waals surface area contributed by atoms with Gasteiger partial charge in [0.15, 0.2) is 34.8 Å². The molecule has 4 heterocycles. The smallest absolute Gasteiger partial charge is 0.229 e. The van der Waals surface area contributed by atoms with Crippen LogP contribution in [0.3, 0.4) is 0 Å². The Bertz CT molecular complexity index is 2320.